The number of piperidine rings is 1. The normalized spacial score (nSPS) is 15.7. The van der Waals surface area contributed by atoms with Crippen molar-refractivity contribution in [3.05, 3.63) is 96.3 Å². The van der Waals surface area contributed by atoms with Crippen LogP contribution in [0.15, 0.2) is 85.1 Å². The maximum absolute atomic E-state index is 4.96. The molecule has 1 fully saturated rings. The van der Waals surface area contributed by atoms with Gasteiger partial charge < -0.3 is 4.40 Å². The van der Waals surface area contributed by atoms with Gasteiger partial charge in [0.2, 0.25) is 0 Å². The molecule has 3 nitrogen and oxygen atoms in total. The molecule has 0 radical (unpaired) electrons. The van der Waals surface area contributed by atoms with Crippen molar-refractivity contribution in [2.75, 3.05) is 13.1 Å². The van der Waals surface area contributed by atoms with Crippen molar-refractivity contribution < 1.29 is 0 Å². The Bertz CT molecular complexity index is 1060. The van der Waals surface area contributed by atoms with Gasteiger partial charge in [-0.25, -0.2) is 4.98 Å². The van der Waals surface area contributed by atoms with Gasteiger partial charge in [0.15, 0.2) is 0 Å². The number of likely N-dealkylation sites (tertiary alicyclic amines) is 1. The maximum atomic E-state index is 4.96. The van der Waals surface area contributed by atoms with E-state index in [-0.39, 0.29) is 0 Å². The second kappa shape index (κ2) is 8.22. The number of fused-ring (bicyclic) bond motifs is 1. The molecule has 3 heteroatoms. The number of imidazole rings is 1. The molecule has 0 aliphatic carbocycles. The van der Waals surface area contributed by atoms with E-state index in [0.29, 0.717) is 0 Å². The van der Waals surface area contributed by atoms with Crippen LogP contribution < -0.4 is 0 Å². The average Bonchev–Trinajstić information content (AvgIpc) is 3.15. The van der Waals surface area contributed by atoms with Crippen molar-refractivity contribution in [1.29, 1.82) is 0 Å². The fourth-order valence-corrected chi connectivity index (χ4v) is 4.53. The standard InChI is InChI=1S/C26H27N3/c1-3-9-21(10-4-1)19-22-14-17-28(18-15-22)20-24-26(23-11-5-2-6-12-23)27-25-13-7-8-16-29(24)25/h1-13,16,22H,14-15,17-20H2. The Labute approximate surface area is 172 Å². The third-order valence-electron chi connectivity index (χ3n) is 6.12. The summed E-state index contributed by atoms with van der Waals surface area (Å²) in [5.41, 5.74) is 6.11. The van der Waals surface area contributed by atoms with Crippen LogP contribution in [0.2, 0.25) is 0 Å². The zero-order valence-corrected chi connectivity index (χ0v) is 16.7. The number of benzene rings is 2. The number of aromatic nitrogens is 2. The molecule has 4 aromatic rings. The first-order valence-electron chi connectivity index (χ1n) is 10.6. The highest BCUT2D eigenvalue weighted by Crippen LogP contribution is 2.28. The maximum Gasteiger partial charge on any atom is 0.137 e. The zero-order valence-electron chi connectivity index (χ0n) is 16.7. The second-order valence-corrected chi connectivity index (χ2v) is 8.11. The lowest BCUT2D eigenvalue weighted by Gasteiger charge is -2.32. The van der Waals surface area contributed by atoms with Gasteiger partial charge in [-0.15, -0.1) is 0 Å². The number of rotatable bonds is 5. The Morgan fingerprint density at radius 3 is 2.24 bits per heavy atom. The Morgan fingerprint density at radius 1 is 0.793 bits per heavy atom. The SMILES string of the molecule is c1ccc(CC2CCN(Cc3c(-c4ccccc4)nc4ccccn34)CC2)cc1. The fourth-order valence-electron chi connectivity index (χ4n) is 4.53. The van der Waals surface area contributed by atoms with E-state index in [9.17, 15) is 0 Å². The van der Waals surface area contributed by atoms with Crippen molar-refractivity contribution in [2.24, 2.45) is 5.92 Å². The Kier molecular flexibility index (Phi) is 5.14. The van der Waals surface area contributed by atoms with Gasteiger partial charge in [0.05, 0.1) is 11.4 Å². The highest BCUT2D eigenvalue weighted by molar-refractivity contribution is 5.66. The molecule has 1 saturated heterocycles. The fraction of sp³-hybridized carbons (Fsp3) is 0.269. The molecule has 0 unspecified atom stereocenters. The number of hydrogen-bond acceptors (Lipinski definition) is 2. The summed E-state index contributed by atoms with van der Waals surface area (Å²) in [6.07, 6.45) is 5.89. The summed E-state index contributed by atoms with van der Waals surface area (Å²) in [4.78, 5) is 7.56. The minimum Gasteiger partial charge on any atom is -0.302 e. The predicted octanol–water partition coefficient (Wildman–Crippen LogP) is 5.46. The van der Waals surface area contributed by atoms with Crippen molar-refractivity contribution in [1.82, 2.24) is 14.3 Å². The van der Waals surface area contributed by atoms with Gasteiger partial charge in [-0.3, -0.25) is 4.90 Å². The van der Waals surface area contributed by atoms with Crippen LogP contribution in [0.4, 0.5) is 0 Å². The van der Waals surface area contributed by atoms with Crippen molar-refractivity contribution in [2.45, 2.75) is 25.8 Å². The van der Waals surface area contributed by atoms with Crippen molar-refractivity contribution in [3.63, 3.8) is 0 Å². The van der Waals surface area contributed by atoms with Crippen LogP contribution in [0, 0.1) is 5.92 Å². The molecule has 1 aliphatic rings. The predicted molar refractivity (Wildman–Crippen MR) is 119 cm³/mol. The summed E-state index contributed by atoms with van der Waals surface area (Å²) in [5.74, 6) is 0.796. The Morgan fingerprint density at radius 2 is 1.48 bits per heavy atom. The van der Waals surface area contributed by atoms with Gasteiger partial charge in [0, 0.05) is 18.3 Å². The largest absolute Gasteiger partial charge is 0.302 e. The lowest BCUT2D eigenvalue weighted by Crippen LogP contribution is -2.34. The molecule has 3 heterocycles. The monoisotopic (exact) mass is 381 g/mol. The van der Waals surface area contributed by atoms with Crippen LogP contribution in [-0.4, -0.2) is 27.4 Å². The molecule has 0 saturated carbocycles. The minimum absolute atomic E-state index is 0.796. The van der Waals surface area contributed by atoms with Crippen LogP contribution >= 0.6 is 0 Å². The first-order chi connectivity index (χ1) is 14.4. The van der Waals surface area contributed by atoms with Gasteiger partial charge in [-0.2, -0.15) is 0 Å². The molecule has 1 aliphatic heterocycles. The van der Waals surface area contributed by atoms with Gasteiger partial charge in [0.1, 0.15) is 5.65 Å². The second-order valence-electron chi connectivity index (χ2n) is 8.11. The molecule has 0 N–H and O–H groups in total. The lowest BCUT2D eigenvalue weighted by molar-refractivity contribution is 0.175. The number of nitrogens with zero attached hydrogens (tertiary/aromatic N) is 3. The van der Waals surface area contributed by atoms with Crippen LogP contribution in [0.3, 0.4) is 0 Å². The van der Waals surface area contributed by atoms with Crippen LogP contribution in [0.1, 0.15) is 24.1 Å². The topological polar surface area (TPSA) is 20.5 Å². The average molecular weight is 382 g/mol. The van der Waals surface area contributed by atoms with Gasteiger partial charge in [-0.1, -0.05) is 66.7 Å². The molecule has 146 valence electrons. The number of pyridine rings is 1. The van der Waals surface area contributed by atoms with E-state index >= 15 is 0 Å². The lowest BCUT2D eigenvalue weighted by atomic mass is 9.90. The summed E-state index contributed by atoms with van der Waals surface area (Å²) in [6.45, 7) is 3.27. The smallest absolute Gasteiger partial charge is 0.137 e. The minimum atomic E-state index is 0.796. The van der Waals surface area contributed by atoms with E-state index in [2.05, 4.69) is 94.4 Å². The molecule has 5 rings (SSSR count). The molecule has 0 bridgehead atoms. The molecule has 0 amide bonds. The van der Waals surface area contributed by atoms with Crippen molar-refractivity contribution >= 4 is 5.65 Å². The summed E-state index contributed by atoms with van der Waals surface area (Å²) < 4.78 is 2.26. The third-order valence-corrected chi connectivity index (χ3v) is 6.12. The first kappa shape index (κ1) is 18.1. The van der Waals surface area contributed by atoms with E-state index < -0.39 is 0 Å². The summed E-state index contributed by atoms with van der Waals surface area (Å²) in [5, 5.41) is 0. The Hall–Kier alpha value is -2.91. The quantitative estimate of drug-likeness (QED) is 0.458. The van der Waals surface area contributed by atoms with Crippen LogP contribution in [-0.2, 0) is 13.0 Å². The van der Waals surface area contributed by atoms with Gasteiger partial charge in [-0.05, 0) is 56.0 Å². The molecule has 0 spiro atoms. The van der Waals surface area contributed by atoms with Crippen LogP contribution in [0.5, 0.6) is 0 Å². The van der Waals surface area contributed by atoms with Gasteiger partial charge >= 0.3 is 0 Å². The Balaban J connectivity index is 1.33. The molecule has 2 aromatic heterocycles. The van der Waals surface area contributed by atoms with E-state index in [4.69, 9.17) is 4.98 Å². The number of hydrogen-bond donors (Lipinski definition) is 0. The molecular formula is C26H27N3. The summed E-state index contributed by atoms with van der Waals surface area (Å²) in [6, 6.07) is 27.8. The highest BCUT2D eigenvalue weighted by atomic mass is 15.2. The van der Waals surface area contributed by atoms with Crippen LogP contribution in [0.25, 0.3) is 16.9 Å². The summed E-state index contributed by atoms with van der Waals surface area (Å²) in [7, 11) is 0. The summed E-state index contributed by atoms with van der Waals surface area (Å²) >= 11 is 0. The van der Waals surface area contributed by atoms with Gasteiger partial charge in [0.25, 0.3) is 0 Å². The molecule has 29 heavy (non-hydrogen) atoms. The van der Waals surface area contributed by atoms with Crippen molar-refractivity contribution in [3.8, 4) is 11.3 Å². The zero-order chi connectivity index (χ0) is 19.5. The highest BCUT2D eigenvalue weighted by Gasteiger charge is 2.22. The molecular weight excluding hydrogens is 354 g/mol. The van der Waals surface area contributed by atoms with E-state index in [1.807, 2.05) is 0 Å². The molecule has 2 aromatic carbocycles. The van der Waals surface area contributed by atoms with E-state index in [1.165, 1.54) is 36.1 Å². The molecule has 0 atom stereocenters. The van der Waals surface area contributed by atoms with E-state index in [1.54, 1.807) is 0 Å². The third kappa shape index (κ3) is 3.96. The first-order valence-corrected chi connectivity index (χ1v) is 10.6. The van der Waals surface area contributed by atoms with E-state index in [0.717, 1.165) is 36.9 Å².